The largest absolute Gasteiger partial charge is 0.466 e. The monoisotopic (exact) mass is 322 g/mol. The molecule has 0 N–H and O–H groups in total. The molecule has 22 heavy (non-hydrogen) atoms. The number of carbonyl (C=O) groups excluding carboxylic acids is 1. The van der Waals surface area contributed by atoms with Crippen LogP contribution in [0.25, 0.3) is 11.2 Å². The molecule has 1 aliphatic carbocycles. The second-order valence-corrected chi connectivity index (χ2v) is 6.18. The minimum absolute atomic E-state index is 0.221. The van der Waals surface area contributed by atoms with Crippen LogP contribution in [0.15, 0.2) is 6.33 Å². The maximum Gasteiger partial charge on any atom is 0.302 e. The van der Waals surface area contributed by atoms with Crippen LogP contribution < -0.4 is 0 Å². The quantitative estimate of drug-likeness (QED) is 0.639. The van der Waals surface area contributed by atoms with Gasteiger partial charge >= 0.3 is 5.97 Å². The van der Waals surface area contributed by atoms with E-state index >= 15 is 0 Å². The second kappa shape index (κ2) is 5.83. The molecule has 1 saturated carbocycles. The first-order chi connectivity index (χ1) is 10.5. The molecule has 6 nitrogen and oxygen atoms in total. The van der Waals surface area contributed by atoms with Crippen LogP contribution in [0.3, 0.4) is 0 Å². The summed E-state index contributed by atoms with van der Waals surface area (Å²) in [5.41, 5.74) is 1.43. The third-order valence-corrected chi connectivity index (χ3v) is 4.73. The zero-order valence-corrected chi connectivity index (χ0v) is 13.7. The van der Waals surface area contributed by atoms with Crippen LogP contribution >= 0.6 is 11.6 Å². The molecule has 1 fully saturated rings. The Hall–Kier alpha value is -1.69. The molecule has 0 amide bonds. The summed E-state index contributed by atoms with van der Waals surface area (Å²) in [6.07, 6.45) is 3.77. The maximum atomic E-state index is 11.0. The van der Waals surface area contributed by atoms with Gasteiger partial charge in [-0.2, -0.15) is 0 Å². The number of esters is 1. The molecule has 3 rings (SSSR count). The highest BCUT2D eigenvalue weighted by Crippen LogP contribution is 2.47. The van der Waals surface area contributed by atoms with Gasteiger partial charge in [0, 0.05) is 13.0 Å². The van der Waals surface area contributed by atoms with Crippen molar-refractivity contribution in [2.45, 2.75) is 39.7 Å². The third kappa shape index (κ3) is 2.56. The number of aryl methyl sites for hydroxylation is 1. The van der Waals surface area contributed by atoms with Gasteiger partial charge < -0.3 is 9.30 Å². The number of ether oxygens (including phenoxy) is 1. The van der Waals surface area contributed by atoms with Gasteiger partial charge in [-0.3, -0.25) is 4.79 Å². The molecule has 1 aliphatic rings. The Balaban J connectivity index is 1.85. The van der Waals surface area contributed by atoms with Crippen molar-refractivity contribution in [1.82, 2.24) is 19.5 Å². The average molecular weight is 323 g/mol. The van der Waals surface area contributed by atoms with E-state index < -0.39 is 0 Å². The van der Waals surface area contributed by atoms with E-state index in [9.17, 15) is 4.79 Å². The van der Waals surface area contributed by atoms with Crippen LogP contribution in [0, 0.1) is 18.8 Å². The van der Waals surface area contributed by atoms with E-state index in [0.717, 1.165) is 18.5 Å². The minimum Gasteiger partial charge on any atom is -0.466 e. The normalized spacial score (nSPS) is 24.3. The van der Waals surface area contributed by atoms with E-state index in [0.29, 0.717) is 41.0 Å². The molecule has 0 aromatic carbocycles. The van der Waals surface area contributed by atoms with Crippen LogP contribution in [-0.2, 0) is 9.53 Å². The lowest BCUT2D eigenvalue weighted by Crippen LogP contribution is -2.40. The number of carbonyl (C=O) groups is 1. The molecule has 0 unspecified atom stereocenters. The maximum absolute atomic E-state index is 11.0. The summed E-state index contributed by atoms with van der Waals surface area (Å²) in [6, 6.07) is 0.320. The SMILES string of the molecule is CC[C@@H]1[C@@H](COC(C)=O)C[C@H]1n1cnc2c(Cl)nc(C)nc21. The van der Waals surface area contributed by atoms with E-state index in [2.05, 4.69) is 26.4 Å². The van der Waals surface area contributed by atoms with Gasteiger partial charge in [0.05, 0.1) is 12.9 Å². The fraction of sp³-hybridized carbons (Fsp3) is 0.600. The molecule has 0 aliphatic heterocycles. The highest BCUT2D eigenvalue weighted by atomic mass is 35.5. The molecule has 2 heterocycles. The number of fused-ring (bicyclic) bond motifs is 1. The first-order valence-corrected chi connectivity index (χ1v) is 7.89. The summed E-state index contributed by atoms with van der Waals surface area (Å²) >= 11 is 6.14. The van der Waals surface area contributed by atoms with E-state index in [1.807, 2.05) is 6.92 Å². The fourth-order valence-electron chi connectivity index (χ4n) is 3.35. The lowest BCUT2D eigenvalue weighted by Gasteiger charge is -2.44. The van der Waals surface area contributed by atoms with Crippen molar-refractivity contribution in [3.05, 3.63) is 17.3 Å². The first-order valence-electron chi connectivity index (χ1n) is 7.51. The molecule has 0 spiro atoms. The van der Waals surface area contributed by atoms with Crippen LogP contribution in [0.5, 0.6) is 0 Å². The molecular weight excluding hydrogens is 304 g/mol. The Labute approximate surface area is 133 Å². The second-order valence-electron chi connectivity index (χ2n) is 5.82. The standard InChI is InChI=1S/C15H19ClN4O2/c1-4-11-10(6-22-9(3)21)5-12(11)20-7-17-13-14(16)18-8(2)19-15(13)20/h7,10-12H,4-6H2,1-3H3/t10-,11-,12-/m1/s1. The molecule has 118 valence electrons. The lowest BCUT2D eigenvalue weighted by atomic mass is 9.68. The van der Waals surface area contributed by atoms with Crippen LogP contribution in [0.2, 0.25) is 5.15 Å². The Morgan fingerprint density at radius 3 is 2.95 bits per heavy atom. The van der Waals surface area contributed by atoms with Crippen molar-refractivity contribution in [2.75, 3.05) is 6.61 Å². The van der Waals surface area contributed by atoms with E-state index in [4.69, 9.17) is 16.3 Å². The lowest BCUT2D eigenvalue weighted by molar-refractivity contribution is -0.145. The zero-order valence-electron chi connectivity index (χ0n) is 12.9. The Morgan fingerprint density at radius 1 is 1.50 bits per heavy atom. The molecular formula is C15H19ClN4O2. The Morgan fingerprint density at radius 2 is 2.27 bits per heavy atom. The van der Waals surface area contributed by atoms with Crippen molar-refractivity contribution >= 4 is 28.7 Å². The van der Waals surface area contributed by atoms with Gasteiger partial charge in [0.25, 0.3) is 0 Å². The first kappa shape index (κ1) is 15.2. The molecule has 7 heteroatoms. The molecule has 0 radical (unpaired) electrons. The van der Waals surface area contributed by atoms with Gasteiger partial charge in [0.2, 0.25) is 0 Å². The van der Waals surface area contributed by atoms with Crippen LogP contribution in [0.4, 0.5) is 0 Å². The summed E-state index contributed by atoms with van der Waals surface area (Å²) in [5.74, 6) is 1.27. The summed E-state index contributed by atoms with van der Waals surface area (Å²) < 4.78 is 7.25. The number of hydrogen-bond donors (Lipinski definition) is 0. The zero-order chi connectivity index (χ0) is 15.9. The summed E-state index contributed by atoms with van der Waals surface area (Å²) in [7, 11) is 0. The topological polar surface area (TPSA) is 69.9 Å². The Kier molecular flexibility index (Phi) is 4.04. The molecule has 2 aromatic rings. The fourth-order valence-corrected chi connectivity index (χ4v) is 3.60. The van der Waals surface area contributed by atoms with Gasteiger partial charge in [-0.1, -0.05) is 24.9 Å². The smallest absolute Gasteiger partial charge is 0.302 e. The van der Waals surface area contributed by atoms with Crippen molar-refractivity contribution in [3.63, 3.8) is 0 Å². The van der Waals surface area contributed by atoms with Crippen molar-refractivity contribution < 1.29 is 9.53 Å². The van der Waals surface area contributed by atoms with Crippen molar-refractivity contribution in [2.24, 2.45) is 11.8 Å². The highest BCUT2D eigenvalue weighted by Gasteiger charge is 2.42. The molecule has 2 aromatic heterocycles. The summed E-state index contributed by atoms with van der Waals surface area (Å²) in [6.45, 7) is 5.92. The number of halogens is 1. The average Bonchev–Trinajstić information content (AvgIpc) is 2.81. The Bertz CT molecular complexity index is 715. The van der Waals surface area contributed by atoms with Crippen LogP contribution in [-0.4, -0.2) is 32.1 Å². The van der Waals surface area contributed by atoms with Gasteiger partial charge in [-0.25, -0.2) is 15.0 Å². The van der Waals surface area contributed by atoms with E-state index in [1.165, 1.54) is 6.92 Å². The summed E-state index contributed by atoms with van der Waals surface area (Å²) in [5, 5.41) is 0.394. The molecule has 3 atom stereocenters. The van der Waals surface area contributed by atoms with Gasteiger partial charge in [0.1, 0.15) is 11.3 Å². The summed E-state index contributed by atoms with van der Waals surface area (Å²) in [4.78, 5) is 24.0. The van der Waals surface area contributed by atoms with Gasteiger partial charge in [-0.05, 0) is 25.2 Å². The van der Waals surface area contributed by atoms with Crippen LogP contribution in [0.1, 0.15) is 38.6 Å². The number of nitrogens with zero attached hydrogens (tertiary/aromatic N) is 4. The number of rotatable bonds is 4. The number of aromatic nitrogens is 4. The number of hydrogen-bond acceptors (Lipinski definition) is 5. The predicted molar refractivity (Wildman–Crippen MR) is 82.6 cm³/mol. The van der Waals surface area contributed by atoms with Gasteiger partial charge in [-0.15, -0.1) is 0 Å². The predicted octanol–water partition coefficient (Wildman–Crippen LogP) is 2.94. The number of imidazole rings is 1. The third-order valence-electron chi connectivity index (χ3n) is 4.46. The highest BCUT2D eigenvalue weighted by molar-refractivity contribution is 6.33. The van der Waals surface area contributed by atoms with Crippen molar-refractivity contribution in [3.8, 4) is 0 Å². The van der Waals surface area contributed by atoms with Crippen molar-refractivity contribution in [1.29, 1.82) is 0 Å². The van der Waals surface area contributed by atoms with E-state index in [-0.39, 0.29) is 5.97 Å². The molecule has 0 bridgehead atoms. The van der Waals surface area contributed by atoms with E-state index in [1.54, 1.807) is 6.33 Å². The molecule has 0 saturated heterocycles. The minimum atomic E-state index is -0.221. The van der Waals surface area contributed by atoms with Gasteiger partial charge in [0.15, 0.2) is 10.8 Å².